The number of aryl methyl sites for hydroxylation is 2. The fourth-order valence-electron chi connectivity index (χ4n) is 2.71. The monoisotopic (exact) mass is 285 g/mol. The average Bonchev–Trinajstić information content (AvgIpc) is 2.64. The molecule has 1 N–H and O–H groups in total. The molecule has 0 aliphatic heterocycles. The van der Waals surface area contributed by atoms with Gasteiger partial charge in [0.1, 0.15) is 0 Å². The molecule has 114 valence electrons. The summed E-state index contributed by atoms with van der Waals surface area (Å²) in [4.78, 5) is 0. The Labute approximate surface area is 128 Å². The molecule has 1 unspecified atom stereocenters. The molecule has 0 bridgehead atoms. The third-order valence-electron chi connectivity index (χ3n) is 3.85. The first-order chi connectivity index (χ1) is 9.78. The van der Waals surface area contributed by atoms with E-state index >= 15 is 0 Å². The van der Waals surface area contributed by atoms with E-state index in [1.54, 1.807) is 0 Å². The van der Waals surface area contributed by atoms with E-state index in [2.05, 4.69) is 75.4 Å². The van der Waals surface area contributed by atoms with E-state index in [1.165, 1.54) is 11.3 Å². The van der Waals surface area contributed by atoms with Gasteiger partial charge in [-0.3, -0.25) is 4.68 Å². The molecule has 0 saturated carbocycles. The van der Waals surface area contributed by atoms with Gasteiger partial charge < -0.3 is 5.32 Å². The minimum atomic E-state index is 0.261. The van der Waals surface area contributed by atoms with Crippen molar-refractivity contribution in [3.05, 3.63) is 47.3 Å². The summed E-state index contributed by atoms with van der Waals surface area (Å²) in [6, 6.07) is 11.0. The Morgan fingerprint density at radius 1 is 1.14 bits per heavy atom. The zero-order valence-corrected chi connectivity index (χ0v) is 14.1. The van der Waals surface area contributed by atoms with Gasteiger partial charge in [-0.15, -0.1) is 0 Å². The number of hydrogen-bond acceptors (Lipinski definition) is 2. The minimum Gasteiger partial charge on any atom is -0.375 e. The minimum absolute atomic E-state index is 0.261. The van der Waals surface area contributed by atoms with Crippen molar-refractivity contribution in [3.63, 3.8) is 0 Å². The molecule has 1 heterocycles. The second-order valence-corrected chi connectivity index (χ2v) is 7.04. The molecular weight excluding hydrogens is 258 g/mol. The van der Waals surface area contributed by atoms with E-state index in [-0.39, 0.29) is 5.41 Å². The lowest BCUT2D eigenvalue weighted by Gasteiger charge is -2.28. The smallest absolute Gasteiger partial charge is 0.0828 e. The molecule has 3 nitrogen and oxygen atoms in total. The third-order valence-corrected chi connectivity index (χ3v) is 3.85. The highest BCUT2D eigenvalue weighted by Crippen LogP contribution is 2.33. The fraction of sp³-hybridized carbons (Fsp3) is 0.500. The second kappa shape index (κ2) is 5.92. The predicted octanol–water partition coefficient (Wildman–Crippen LogP) is 4.63. The Kier molecular flexibility index (Phi) is 4.40. The molecule has 2 aromatic rings. The molecule has 2 rings (SSSR count). The van der Waals surface area contributed by atoms with Crippen LogP contribution in [0.5, 0.6) is 0 Å². The normalized spacial score (nSPS) is 13.2. The van der Waals surface area contributed by atoms with Gasteiger partial charge in [-0.05, 0) is 31.2 Å². The van der Waals surface area contributed by atoms with E-state index < -0.39 is 0 Å². The molecule has 3 heteroatoms. The maximum atomic E-state index is 4.51. The Balaban J connectivity index is 2.32. The second-order valence-electron chi connectivity index (χ2n) is 7.04. The van der Waals surface area contributed by atoms with Crippen LogP contribution in [0.2, 0.25) is 0 Å². The SMILES string of the molecule is Cc1nn(C)c(C)c1NC(CC(C)(C)C)c1ccccc1. The molecule has 1 aromatic carbocycles. The lowest BCUT2D eigenvalue weighted by atomic mass is 9.85. The number of aromatic nitrogens is 2. The zero-order chi connectivity index (χ0) is 15.6. The molecular formula is C18H27N3. The maximum absolute atomic E-state index is 4.51. The number of hydrogen-bond donors (Lipinski definition) is 1. The molecule has 0 fully saturated rings. The van der Waals surface area contributed by atoms with Crippen molar-refractivity contribution < 1.29 is 0 Å². The highest BCUT2D eigenvalue weighted by Gasteiger charge is 2.22. The number of nitrogens with one attached hydrogen (secondary N) is 1. The number of anilines is 1. The molecule has 0 saturated heterocycles. The van der Waals surface area contributed by atoms with Gasteiger partial charge in [0.05, 0.1) is 23.1 Å². The Bertz CT molecular complexity index is 591. The van der Waals surface area contributed by atoms with Crippen molar-refractivity contribution in [3.8, 4) is 0 Å². The summed E-state index contributed by atoms with van der Waals surface area (Å²) < 4.78 is 1.94. The van der Waals surface area contributed by atoms with Gasteiger partial charge in [0.2, 0.25) is 0 Å². The van der Waals surface area contributed by atoms with E-state index in [9.17, 15) is 0 Å². The average molecular weight is 285 g/mol. The van der Waals surface area contributed by atoms with Crippen molar-refractivity contribution in [2.45, 2.75) is 47.1 Å². The van der Waals surface area contributed by atoms with E-state index in [1.807, 2.05) is 11.7 Å². The third kappa shape index (κ3) is 3.87. The van der Waals surface area contributed by atoms with Crippen LogP contribution in [0.15, 0.2) is 30.3 Å². The van der Waals surface area contributed by atoms with Gasteiger partial charge >= 0.3 is 0 Å². The van der Waals surface area contributed by atoms with Crippen LogP contribution in [0.4, 0.5) is 5.69 Å². The number of benzene rings is 1. The topological polar surface area (TPSA) is 29.9 Å². The standard InChI is InChI=1S/C18H27N3/c1-13-17(14(2)21(6)20-13)19-16(12-18(3,4)5)15-10-8-7-9-11-15/h7-11,16,19H,12H2,1-6H3. The number of nitrogens with zero attached hydrogens (tertiary/aromatic N) is 2. The Morgan fingerprint density at radius 2 is 1.76 bits per heavy atom. The van der Waals surface area contributed by atoms with Crippen LogP contribution in [-0.4, -0.2) is 9.78 Å². The first kappa shape index (κ1) is 15.6. The quantitative estimate of drug-likeness (QED) is 0.888. The highest BCUT2D eigenvalue weighted by molar-refractivity contribution is 5.53. The van der Waals surface area contributed by atoms with Crippen LogP contribution >= 0.6 is 0 Å². The van der Waals surface area contributed by atoms with E-state index in [0.29, 0.717) is 6.04 Å². The highest BCUT2D eigenvalue weighted by atomic mass is 15.3. The van der Waals surface area contributed by atoms with Crippen molar-refractivity contribution in [1.29, 1.82) is 0 Å². The lowest BCUT2D eigenvalue weighted by Crippen LogP contribution is -2.19. The van der Waals surface area contributed by atoms with Gasteiger partial charge in [0.15, 0.2) is 0 Å². The van der Waals surface area contributed by atoms with E-state index in [0.717, 1.165) is 17.8 Å². The van der Waals surface area contributed by atoms with Gasteiger partial charge in [0, 0.05) is 7.05 Å². The summed E-state index contributed by atoms with van der Waals surface area (Å²) in [5.41, 5.74) is 5.00. The molecule has 0 amide bonds. The summed E-state index contributed by atoms with van der Waals surface area (Å²) in [6.07, 6.45) is 1.07. The van der Waals surface area contributed by atoms with Crippen LogP contribution in [-0.2, 0) is 7.05 Å². The van der Waals surface area contributed by atoms with Crippen molar-refractivity contribution in [1.82, 2.24) is 9.78 Å². The number of rotatable bonds is 4. The first-order valence-electron chi connectivity index (χ1n) is 7.59. The predicted molar refractivity (Wildman–Crippen MR) is 89.6 cm³/mol. The zero-order valence-electron chi connectivity index (χ0n) is 14.1. The van der Waals surface area contributed by atoms with Crippen LogP contribution in [0, 0.1) is 19.3 Å². The van der Waals surface area contributed by atoms with Gasteiger partial charge in [-0.25, -0.2) is 0 Å². The summed E-state index contributed by atoms with van der Waals surface area (Å²) in [6.45, 7) is 11.0. The lowest BCUT2D eigenvalue weighted by molar-refractivity contribution is 0.352. The van der Waals surface area contributed by atoms with Crippen LogP contribution in [0.1, 0.15) is 50.2 Å². The van der Waals surface area contributed by atoms with Crippen LogP contribution in [0.25, 0.3) is 0 Å². The Morgan fingerprint density at radius 3 is 2.24 bits per heavy atom. The Hall–Kier alpha value is -1.77. The maximum Gasteiger partial charge on any atom is 0.0828 e. The molecule has 0 spiro atoms. The van der Waals surface area contributed by atoms with Crippen molar-refractivity contribution in [2.75, 3.05) is 5.32 Å². The summed E-state index contributed by atoms with van der Waals surface area (Å²) in [5, 5.41) is 8.23. The van der Waals surface area contributed by atoms with E-state index in [4.69, 9.17) is 0 Å². The van der Waals surface area contributed by atoms with Gasteiger partial charge in [0.25, 0.3) is 0 Å². The fourth-order valence-corrected chi connectivity index (χ4v) is 2.71. The van der Waals surface area contributed by atoms with Gasteiger partial charge in [-0.2, -0.15) is 5.10 Å². The van der Waals surface area contributed by atoms with Crippen LogP contribution < -0.4 is 5.32 Å². The summed E-state index contributed by atoms with van der Waals surface area (Å²) >= 11 is 0. The van der Waals surface area contributed by atoms with Crippen molar-refractivity contribution in [2.24, 2.45) is 12.5 Å². The largest absolute Gasteiger partial charge is 0.375 e. The molecule has 0 radical (unpaired) electrons. The summed E-state index contributed by atoms with van der Waals surface area (Å²) in [7, 11) is 1.99. The molecule has 1 atom stereocenters. The first-order valence-corrected chi connectivity index (χ1v) is 7.59. The van der Waals surface area contributed by atoms with Gasteiger partial charge in [-0.1, -0.05) is 51.1 Å². The van der Waals surface area contributed by atoms with Crippen LogP contribution in [0.3, 0.4) is 0 Å². The molecule has 1 aromatic heterocycles. The molecule has 0 aliphatic rings. The molecule has 0 aliphatic carbocycles. The molecule has 21 heavy (non-hydrogen) atoms. The summed E-state index contributed by atoms with van der Waals surface area (Å²) in [5.74, 6) is 0. The van der Waals surface area contributed by atoms with Crippen molar-refractivity contribution >= 4 is 5.69 Å².